The molecular formula is C23H33ClO3. The van der Waals surface area contributed by atoms with Crippen molar-refractivity contribution in [3.05, 3.63) is 11.1 Å². The van der Waals surface area contributed by atoms with Gasteiger partial charge in [-0.3, -0.25) is 9.59 Å². The number of rotatable bonds is 3. The monoisotopic (exact) mass is 392 g/mol. The van der Waals surface area contributed by atoms with Crippen LogP contribution in [0.2, 0.25) is 0 Å². The number of fused-ring (bicyclic) bond motifs is 5. The molecule has 4 rings (SSSR count). The minimum Gasteiger partial charge on any atom is -0.462 e. The predicted molar refractivity (Wildman–Crippen MR) is 106 cm³/mol. The average molecular weight is 393 g/mol. The van der Waals surface area contributed by atoms with Gasteiger partial charge in [0.25, 0.3) is 0 Å². The van der Waals surface area contributed by atoms with E-state index in [4.69, 9.17) is 16.3 Å². The Kier molecular flexibility index (Phi) is 4.98. The van der Waals surface area contributed by atoms with Crippen LogP contribution in [0.25, 0.3) is 0 Å². The van der Waals surface area contributed by atoms with Gasteiger partial charge in [0, 0.05) is 18.3 Å². The molecule has 0 aromatic rings. The Morgan fingerprint density at radius 3 is 2.67 bits per heavy atom. The number of esters is 1. The highest BCUT2D eigenvalue weighted by molar-refractivity contribution is 6.42. The van der Waals surface area contributed by atoms with Gasteiger partial charge in [0.2, 0.25) is 0 Å². The molecule has 27 heavy (non-hydrogen) atoms. The molecule has 0 amide bonds. The third kappa shape index (κ3) is 2.82. The van der Waals surface area contributed by atoms with E-state index in [0.717, 1.165) is 32.1 Å². The predicted octanol–water partition coefficient (Wildman–Crippen LogP) is 5.65. The Morgan fingerprint density at radius 2 is 1.96 bits per heavy atom. The maximum absolute atomic E-state index is 12.2. The van der Waals surface area contributed by atoms with Crippen LogP contribution in [0.3, 0.4) is 0 Å². The lowest BCUT2D eigenvalue weighted by Crippen LogP contribution is -2.54. The molecule has 0 aromatic heterocycles. The van der Waals surface area contributed by atoms with E-state index in [-0.39, 0.29) is 28.7 Å². The lowest BCUT2D eigenvalue weighted by Gasteiger charge is -2.59. The van der Waals surface area contributed by atoms with E-state index >= 15 is 0 Å². The van der Waals surface area contributed by atoms with E-state index in [1.807, 2.05) is 6.92 Å². The molecule has 3 nitrogen and oxygen atoms in total. The molecule has 0 unspecified atom stereocenters. The van der Waals surface area contributed by atoms with Crippen LogP contribution in [0, 0.1) is 34.5 Å². The summed E-state index contributed by atoms with van der Waals surface area (Å²) in [7, 11) is 0. The van der Waals surface area contributed by atoms with Gasteiger partial charge in [-0.15, -0.1) is 0 Å². The topological polar surface area (TPSA) is 43.4 Å². The zero-order chi connectivity index (χ0) is 19.4. The molecule has 0 saturated heterocycles. The Labute approximate surface area is 168 Å². The van der Waals surface area contributed by atoms with Crippen LogP contribution in [0.5, 0.6) is 0 Å². The van der Waals surface area contributed by atoms with Gasteiger partial charge < -0.3 is 4.74 Å². The van der Waals surface area contributed by atoms with Crippen molar-refractivity contribution in [2.75, 3.05) is 0 Å². The van der Waals surface area contributed by atoms with E-state index in [1.165, 1.54) is 12.8 Å². The average Bonchev–Trinajstić information content (AvgIpc) is 3.02. The number of allylic oxidation sites excluding steroid dienone is 2. The van der Waals surface area contributed by atoms with Crippen molar-refractivity contribution in [2.45, 2.75) is 84.7 Å². The van der Waals surface area contributed by atoms with Crippen LogP contribution >= 0.6 is 11.6 Å². The first-order valence-electron chi connectivity index (χ1n) is 11.0. The van der Waals surface area contributed by atoms with E-state index in [2.05, 4.69) is 19.9 Å². The smallest absolute Gasteiger partial charge is 0.305 e. The molecule has 3 fully saturated rings. The van der Waals surface area contributed by atoms with Crippen molar-refractivity contribution in [3.63, 3.8) is 0 Å². The van der Waals surface area contributed by atoms with Gasteiger partial charge in [-0.2, -0.15) is 0 Å². The summed E-state index contributed by atoms with van der Waals surface area (Å²) in [4.78, 5) is 24.2. The van der Waals surface area contributed by atoms with Gasteiger partial charge in [0.15, 0.2) is 5.78 Å². The Hall–Kier alpha value is -0.830. The highest BCUT2D eigenvalue weighted by atomic mass is 35.5. The first-order chi connectivity index (χ1) is 12.9. The van der Waals surface area contributed by atoms with Gasteiger partial charge in [0.05, 0.1) is 5.03 Å². The van der Waals surface area contributed by atoms with Gasteiger partial charge in [-0.05, 0) is 74.0 Å². The molecule has 150 valence electrons. The third-order valence-corrected chi connectivity index (χ3v) is 9.28. The molecule has 0 bridgehead atoms. The number of carbonyl (C=O) groups is 2. The number of Topliss-reactive ketones (excluding diaryl/α,β-unsaturated/α-hetero) is 1. The molecule has 0 heterocycles. The van der Waals surface area contributed by atoms with E-state index in [0.29, 0.717) is 41.5 Å². The standard InChI is InChI=1S/C23H33ClO3/c1-4-21(26)27-20-9-8-17-15-7-6-14-12-19(25)18(24)13-22(14,3)16(15)10-11-23(17,20)5-2/h13-17,20H,4-12H2,1-3H3/t14-,15+,16-,17-,20-,22-,23-/m0/s1. The molecule has 0 aliphatic heterocycles. The Balaban J connectivity index is 1.64. The van der Waals surface area contributed by atoms with Crippen LogP contribution in [-0.2, 0) is 14.3 Å². The lowest BCUT2D eigenvalue weighted by molar-refractivity contribution is -0.163. The van der Waals surface area contributed by atoms with Crippen molar-refractivity contribution >= 4 is 23.4 Å². The number of carbonyl (C=O) groups excluding carboxylic acids is 2. The van der Waals surface area contributed by atoms with Gasteiger partial charge >= 0.3 is 5.97 Å². The summed E-state index contributed by atoms with van der Waals surface area (Å²) in [6.45, 7) is 6.52. The minimum atomic E-state index is -0.0493. The van der Waals surface area contributed by atoms with Crippen molar-refractivity contribution in [1.82, 2.24) is 0 Å². The third-order valence-electron chi connectivity index (χ3n) is 8.96. The summed E-state index contributed by atoms with van der Waals surface area (Å²) >= 11 is 6.32. The fourth-order valence-electron chi connectivity index (χ4n) is 7.54. The molecule has 0 N–H and O–H groups in total. The maximum atomic E-state index is 12.2. The molecule has 0 aromatic carbocycles. The quantitative estimate of drug-likeness (QED) is 0.582. The van der Waals surface area contributed by atoms with Crippen LogP contribution in [0.4, 0.5) is 0 Å². The van der Waals surface area contributed by atoms with Gasteiger partial charge in [-0.25, -0.2) is 0 Å². The molecule has 7 atom stereocenters. The minimum absolute atomic E-state index is 0.0476. The molecule has 4 heteroatoms. The van der Waals surface area contributed by atoms with E-state index in [1.54, 1.807) is 0 Å². The SMILES string of the molecule is CCC(=O)O[C@H]1CC[C@H]2[C@@H]3CC[C@H]4CC(=O)C(Cl)=C[C@]4(C)[C@H]3CC[C@]12CC. The summed E-state index contributed by atoms with van der Waals surface area (Å²) in [5.74, 6) is 2.43. The number of halogens is 1. The van der Waals surface area contributed by atoms with E-state index in [9.17, 15) is 9.59 Å². The highest BCUT2D eigenvalue weighted by Gasteiger charge is 2.61. The molecule has 0 radical (unpaired) electrons. The number of hydrogen-bond acceptors (Lipinski definition) is 3. The van der Waals surface area contributed by atoms with Crippen molar-refractivity contribution < 1.29 is 14.3 Å². The highest BCUT2D eigenvalue weighted by Crippen LogP contribution is 2.66. The summed E-state index contributed by atoms with van der Waals surface area (Å²) in [5, 5.41) is 0.461. The second-order valence-corrected chi connectivity index (χ2v) is 10.1. The lowest BCUT2D eigenvalue weighted by atomic mass is 9.46. The van der Waals surface area contributed by atoms with Crippen LogP contribution < -0.4 is 0 Å². The number of ether oxygens (including phenoxy) is 1. The maximum Gasteiger partial charge on any atom is 0.305 e. The van der Waals surface area contributed by atoms with Crippen molar-refractivity contribution in [1.29, 1.82) is 0 Å². The zero-order valence-electron chi connectivity index (χ0n) is 16.9. The Morgan fingerprint density at radius 1 is 1.19 bits per heavy atom. The molecule has 3 saturated carbocycles. The van der Waals surface area contributed by atoms with Crippen LogP contribution in [0.15, 0.2) is 11.1 Å². The summed E-state index contributed by atoms with van der Waals surface area (Å²) in [6.07, 6.45) is 11.2. The van der Waals surface area contributed by atoms with Gasteiger partial charge in [0.1, 0.15) is 6.10 Å². The van der Waals surface area contributed by atoms with Crippen molar-refractivity contribution in [2.24, 2.45) is 34.5 Å². The number of hydrogen-bond donors (Lipinski definition) is 0. The number of ketones is 1. The largest absolute Gasteiger partial charge is 0.462 e. The van der Waals surface area contributed by atoms with Crippen LogP contribution in [-0.4, -0.2) is 17.9 Å². The summed E-state index contributed by atoms with van der Waals surface area (Å²) in [6, 6.07) is 0. The second kappa shape index (κ2) is 6.90. The molecule has 4 aliphatic rings. The molecular weight excluding hydrogens is 360 g/mol. The first kappa shape index (κ1) is 19.5. The Bertz CT molecular complexity index is 671. The normalized spacial score (nSPS) is 46.1. The second-order valence-electron chi connectivity index (χ2n) is 9.67. The summed E-state index contributed by atoms with van der Waals surface area (Å²) in [5.41, 5.74) is 0.208. The fraction of sp³-hybridized carbons (Fsp3) is 0.826. The summed E-state index contributed by atoms with van der Waals surface area (Å²) < 4.78 is 5.95. The molecule has 0 spiro atoms. The van der Waals surface area contributed by atoms with Gasteiger partial charge in [-0.1, -0.05) is 38.4 Å². The fourth-order valence-corrected chi connectivity index (χ4v) is 7.85. The zero-order valence-corrected chi connectivity index (χ0v) is 17.7. The van der Waals surface area contributed by atoms with E-state index < -0.39 is 0 Å². The first-order valence-corrected chi connectivity index (χ1v) is 11.3. The van der Waals surface area contributed by atoms with Crippen molar-refractivity contribution in [3.8, 4) is 0 Å². The van der Waals surface area contributed by atoms with Crippen LogP contribution in [0.1, 0.15) is 78.6 Å². The molecule has 4 aliphatic carbocycles.